The molecular weight excluding hydrogens is 454 g/mol. The third-order valence-electron chi connectivity index (χ3n) is 5.72. The number of benzene rings is 2. The largest absolute Gasteiger partial charge is 0.467 e. The van der Waals surface area contributed by atoms with Gasteiger partial charge in [-0.2, -0.15) is 0 Å². The van der Waals surface area contributed by atoms with Gasteiger partial charge in [0.25, 0.3) is 0 Å². The maximum Gasteiger partial charge on any atom is 0.233 e. The van der Waals surface area contributed by atoms with Crippen LogP contribution >= 0.6 is 23.1 Å². The zero-order chi connectivity index (χ0) is 22.5. The van der Waals surface area contributed by atoms with Crippen LogP contribution in [0.25, 0.3) is 10.8 Å². The molecule has 170 valence electrons. The number of anilines is 1. The molecule has 9 heteroatoms. The van der Waals surface area contributed by atoms with E-state index in [1.165, 1.54) is 39.4 Å². The quantitative estimate of drug-likeness (QED) is 0.377. The lowest BCUT2D eigenvalue weighted by atomic mass is 10.0. The number of amides is 1. The average Bonchev–Trinajstić information content (AvgIpc) is 3.54. The number of nitrogens with zero attached hydrogens (tertiary/aromatic N) is 4. The van der Waals surface area contributed by atoms with Gasteiger partial charge >= 0.3 is 0 Å². The number of nitrogens with one attached hydrogen (secondary N) is 1. The first-order valence-corrected chi connectivity index (χ1v) is 12.7. The van der Waals surface area contributed by atoms with Gasteiger partial charge in [0, 0.05) is 32.7 Å². The molecule has 0 aliphatic carbocycles. The number of hydrogen-bond acceptors (Lipinski definition) is 8. The number of hydrogen-bond donors (Lipinski definition) is 1. The van der Waals surface area contributed by atoms with Gasteiger partial charge < -0.3 is 14.6 Å². The minimum Gasteiger partial charge on any atom is -0.467 e. The first-order valence-electron chi connectivity index (χ1n) is 10.9. The van der Waals surface area contributed by atoms with Crippen molar-refractivity contribution >= 4 is 44.9 Å². The lowest BCUT2D eigenvalue weighted by molar-refractivity contribution is -0.130. The van der Waals surface area contributed by atoms with E-state index < -0.39 is 0 Å². The van der Waals surface area contributed by atoms with E-state index in [4.69, 9.17) is 4.42 Å². The third-order valence-corrected chi connectivity index (χ3v) is 7.72. The smallest absolute Gasteiger partial charge is 0.233 e. The molecule has 4 aromatic rings. The standard InChI is InChI=1S/C24H25N5O2S2/c30-22(17-32-24-27-26-23(33-24)25-15-20-8-4-14-31-20)29-12-10-28(11-13-29)16-19-7-3-6-18-5-1-2-9-21(18)19/h1-9,14H,10-13,15-17H2,(H,25,26). The Labute approximate surface area is 200 Å². The summed E-state index contributed by atoms with van der Waals surface area (Å²) in [4.78, 5) is 17.1. The normalized spacial score (nSPS) is 14.6. The summed E-state index contributed by atoms with van der Waals surface area (Å²) >= 11 is 2.90. The van der Waals surface area contributed by atoms with Gasteiger partial charge in [-0.1, -0.05) is 65.6 Å². The minimum atomic E-state index is 0.158. The monoisotopic (exact) mass is 479 g/mol. The molecule has 1 amide bonds. The predicted octanol–water partition coefficient (Wildman–Crippen LogP) is 4.33. The van der Waals surface area contributed by atoms with Crippen molar-refractivity contribution in [3.05, 3.63) is 72.2 Å². The molecule has 3 heterocycles. The van der Waals surface area contributed by atoms with Crippen molar-refractivity contribution in [1.29, 1.82) is 0 Å². The molecule has 0 atom stereocenters. The molecule has 7 nitrogen and oxygen atoms in total. The molecule has 0 bridgehead atoms. The Kier molecular flexibility index (Phi) is 6.89. The number of piperazine rings is 1. The number of thioether (sulfide) groups is 1. The van der Waals surface area contributed by atoms with Gasteiger partial charge in [0.05, 0.1) is 18.6 Å². The summed E-state index contributed by atoms with van der Waals surface area (Å²) < 4.78 is 6.09. The highest BCUT2D eigenvalue weighted by atomic mass is 32.2. The molecular formula is C24H25N5O2S2. The van der Waals surface area contributed by atoms with Crippen molar-refractivity contribution in [1.82, 2.24) is 20.0 Å². The summed E-state index contributed by atoms with van der Waals surface area (Å²) in [5.41, 5.74) is 1.34. The van der Waals surface area contributed by atoms with Gasteiger partial charge in [-0.05, 0) is 28.5 Å². The first kappa shape index (κ1) is 21.9. The van der Waals surface area contributed by atoms with Crippen LogP contribution in [-0.2, 0) is 17.9 Å². The second kappa shape index (κ2) is 10.4. The van der Waals surface area contributed by atoms with Crippen LogP contribution in [0.3, 0.4) is 0 Å². The van der Waals surface area contributed by atoms with E-state index in [2.05, 4.69) is 62.9 Å². The summed E-state index contributed by atoms with van der Waals surface area (Å²) in [6.07, 6.45) is 1.65. The van der Waals surface area contributed by atoms with Crippen molar-refractivity contribution in [2.45, 2.75) is 17.4 Å². The van der Waals surface area contributed by atoms with Crippen LogP contribution in [0.5, 0.6) is 0 Å². The molecule has 5 rings (SSSR count). The van der Waals surface area contributed by atoms with Crippen molar-refractivity contribution < 1.29 is 9.21 Å². The number of carbonyl (C=O) groups is 1. The topological polar surface area (TPSA) is 74.5 Å². The molecule has 0 spiro atoms. The van der Waals surface area contributed by atoms with E-state index >= 15 is 0 Å². The van der Waals surface area contributed by atoms with Crippen molar-refractivity contribution in [2.24, 2.45) is 0 Å². The van der Waals surface area contributed by atoms with E-state index in [0.29, 0.717) is 12.3 Å². The Balaban J connectivity index is 1.07. The second-order valence-electron chi connectivity index (χ2n) is 7.89. The Bertz CT molecular complexity index is 1200. The van der Waals surface area contributed by atoms with Crippen LogP contribution in [0, 0.1) is 0 Å². The highest BCUT2D eigenvalue weighted by Gasteiger charge is 2.22. The molecule has 1 aliphatic rings. The molecule has 0 saturated carbocycles. The van der Waals surface area contributed by atoms with Crippen LogP contribution in [0.2, 0.25) is 0 Å². The average molecular weight is 480 g/mol. The van der Waals surface area contributed by atoms with Crippen molar-refractivity contribution in [3.63, 3.8) is 0 Å². The van der Waals surface area contributed by atoms with Crippen LogP contribution in [-0.4, -0.2) is 57.8 Å². The van der Waals surface area contributed by atoms with Crippen LogP contribution in [0.4, 0.5) is 5.13 Å². The lowest BCUT2D eigenvalue weighted by Gasteiger charge is -2.34. The maximum absolute atomic E-state index is 12.7. The first-order chi connectivity index (χ1) is 16.2. The van der Waals surface area contributed by atoms with E-state index in [0.717, 1.165) is 48.0 Å². The Morgan fingerprint density at radius 1 is 1.03 bits per heavy atom. The molecule has 0 unspecified atom stereocenters. The molecule has 2 aromatic carbocycles. The molecule has 1 aliphatic heterocycles. The van der Waals surface area contributed by atoms with E-state index in [9.17, 15) is 4.79 Å². The SMILES string of the molecule is O=C(CSc1nnc(NCc2ccco2)s1)N1CCN(Cc2cccc3ccccc23)CC1. The molecule has 1 N–H and O–H groups in total. The summed E-state index contributed by atoms with van der Waals surface area (Å²) in [6.45, 7) is 4.77. The number of fused-ring (bicyclic) bond motifs is 1. The Morgan fingerprint density at radius 2 is 1.88 bits per heavy atom. The van der Waals surface area contributed by atoms with E-state index in [1.54, 1.807) is 6.26 Å². The second-order valence-corrected chi connectivity index (χ2v) is 10.1. The van der Waals surface area contributed by atoms with Crippen LogP contribution in [0.15, 0.2) is 69.6 Å². The molecule has 33 heavy (non-hydrogen) atoms. The Hall–Kier alpha value is -2.88. The summed E-state index contributed by atoms with van der Waals surface area (Å²) in [5, 5.41) is 14.8. The summed E-state index contributed by atoms with van der Waals surface area (Å²) in [5.74, 6) is 1.38. The lowest BCUT2D eigenvalue weighted by Crippen LogP contribution is -2.48. The maximum atomic E-state index is 12.7. The fraction of sp³-hybridized carbons (Fsp3) is 0.292. The summed E-state index contributed by atoms with van der Waals surface area (Å²) in [6, 6.07) is 18.8. The van der Waals surface area contributed by atoms with Gasteiger partial charge in [-0.3, -0.25) is 9.69 Å². The van der Waals surface area contributed by atoms with Gasteiger partial charge in [0.1, 0.15) is 5.76 Å². The fourth-order valence-electron chi connectivity index (χ4n) is 3.96. The number of rotatable bonds is 8. The predicted molar refractivity (Wildman–Crippen MR) is 132 cm³/mol. The van der Waals surface area contributed by atoms with Crippen molar-refractivity contribution in [3.8, 4) is 0 Å². The van der Waals surface area contributed by atoms with Gasteiger partial charge in [-0.15, -0.1) is 10.2 Å². The van der Waals surface area contributed by atoms with Crippen LogP contribution in [0.1, 0.15) is 11.3 Å². The Morgan fingerprint density at radius 3 is 2.73 bits per heavy atom. The van der Waals surface area contributed by atoms with Gasteiger partial charge in [0.15, 0.2) is 4.34 Å². The molecule has 1 fully saturated rings. The van der Waals surface area contributed by atoms with Crippen LogP contribution < -0.4 is 5.32 Å². The minimum absolute atomic E-state index is 0.158. The zero-order valence-corrected chi connectivity index (χ0v) is 19.8. The summed E-state index contributed by atoms with van der Waals surface area (Å²) in [7, 11) is 0. The van der Waals surface area contributed by atoms with Gasteiger partial charge in [-0.25, -0.2) is 0 Å². The molecule has 1 saturated heterocycles. The van der Waals surface area contributed by atoms with Crippen molar-refractivity contribution in [2.75, 3.05) is 37.2 Å². The van der Waals surface area contributed by atoms with E-state index in [-0.39, 0.29) is 5.91 Å². The third kappa shape index (κ3) is 5.55. The zero-order valence-electron chi connectivity index (χ0n) is 18.1. The number of aromatic nitrogens is 2. The highest BCUT2D eigenvalue weighted by molar-refractivity contribution is 8.01. The van der Waals surface area contributed by atoms with Gasteiger partial charge in [0.2, 0.25) is 11.0 Å². The van der Waals surface area contributed by atoms with E-state index in [1.807, 2.05) is 17.0 Å². The number of furan rings is 1. The number of carbonyl (C=O) groups excluding carboxylic acids is 1. The molecule has 2 aromatic heterocycles. The fourth-order valence-corrected chi connectivity index (χ4v) is 5.61. The molecule has 0 radical (unpaired) electrons. The highest BCUT2D eigenvalue weighted by Crippen LogP contribution is 2.26.